The quantitative estimate of drug-likeness (QED) is 0.344. The van der Waals surface area contributed by atoms with Gasteiger partial charge in [-0.25, -0.2) is 9.97 Å². The van der Waals surface area contributed by atoms with Crippen molar-refractivity contribution in [1.82, 2.24) is 14.4 Å². The van der Waals surface area contributed by atoms with Crippen LogP contribution in [0.1, 0.15) is 36.3 Å². The predicted molar refractivity (Wildman–Crippen MR) is 139 cm³/mol. The van der Waals surface area contributed by atoms with E-state index in [4.69, 9.17) is 9.72 Å². The van der Waals surface area contributed by atoms with Gasteiger partial charge < -0.3 is 10.1 Å². The second-order valence-electron chi connectivity index (χ2n) is 9.17. The van der Waals surface area contributed by atoms with E-state index in [9.17, 15) is 4.79 Å². The number of anilines is 1. The van der Waals surface area contributed by atoms with Crippen LogP contribution in [0.2, 0.25) is 0 Å². The number of aromatic nitrogens is 3. The average molecular weight is 483 g/mol. The summed E-state index contributed by atoms with van der Waals surface area (Å²) in [6.45, 7) is 1.99. The van der Waals surface area contributed by atoms with Gasteiger partial charge in [-0.1, -0.05) is 35.9 Å². The number of rotatable bonds is 7. The Hall–Kier alpha value is -3.71. The fourth-order valence-electron chi connectivity index (χ4n) is 4.38. The van der Waals surface area contributed by atoms with Crippen molar-refractivity contribution in [1.29, 1.82) is 0 Å². The molecule has 1 saturated carbocycles. The van der Waals surface area contributed by atoms with Crippen LogP contribution in [-0.4, -0.2) is 26.4 Å². The van der Waals surface area contributed by atoms with Crippen LogP contribution in [0.3, 0.4) is 0 Å². The van der Waals surface area contributed by atoms with Crippen LogP contribution >= 0.6 is 11.3 Å². The SMILES string of the molecule is Cc1ccccc1NC(=O)C1=CC=C(Cc2nc(-c3cnc4cc(OC5CCC5)ccn34)cs2)C1. The third-order valence-corrected chi connectivity index (χ3v) is 7.50. The van der Waals surface area contributed by atoms with E-state index < -0.39 is 0 Å². The summed E-state index contributed by atoms with van der Waals surface area (Å²) in [6.07, 6.45) is 13.1. The van der Waals surface area contributed by atoms with Gasteiger partial charge in [0.2, 0.25) is 0 Å². The standard InChI is InChI=1S/C28H26N4O2S/c1-18-5-2-3-8-23(18)31-28(33)20-10-9-19(13-20)14-27-30-24(17-35-27)25-16-29-26-15-22(11-12-32(25)26)34-21-6-4-7-21/h2-3,5,8-12,15-17,21H,4,6-7,13-14H2,1H3,(H,31,33). The maximum atomic E-state index is 12.7. The predicted octanol–water partition coefficient (Wildman–Crippen LogP) is 6.14. The molecule has 1 amide bonds. The normalized spacial score (nSPS) is 15.6. The summed E-state index contributed by atoms with van der Waals surface area (Å²) in [5.74, 6) is 0.831. The number of amides is 1. The summed E-state index contributed by atoms with van der Waals surface area (Å²) in [5, 5.41) is 6.13. The first-order valence-electron chi connectivity index (χ1n) is 12.0. The van der Waals surface area contributed by atoms with Gasteiger partial charge in [-0.2, -0.15) is 0 Å². The Kier molecular flexibility index (Phi) is 5.70. The van der Waals surface area contributed by atoms with Crippen LogP contribution < -0.4 is 10.1 Å². The van der Waals surface area contributed by atoms with Crippen molar-refractivity contribution in [3.05, 3.63) is 88.0 Å². The van der Waals surface area contributed by atoms with E-state index >= 15 is 0 Å². The number of aryl methyl sites for hydroxylation is 1. The van der Waals surface area contributed by atoms with Gasteiger partial charge >= 0.3 is 0 Å². The summed E-state index contributed by atoms with van der Waals surface area (Å²) in [4.78, 5) is 22.2. The molecule has 6 rings (SSSR count). The molecule has 0 bridgehead atoms. The number of hydrogen-bond acceptors (Lipinski definition) is 5. The number of carbonyl (C=O) groups excluding carboxylic acids is 1. The van der Waals surface area contributed by atoms with Crippen molar-refractivity contribution < 1.29 is 9.53 Å². The summed E-state index contributed by atoms with van der Waals surface area (Å²) in [6, 6.07) is 11.8. The Balaban J connectivity index is 1.10. The van der Waals surface area contributed by atoms with E-state index in [1.54, 1.807) is 11.3 Å². The van der Waals surface area contributed by atoms with Gasteiger partial charge in [-0.05, 0) is 50.3 Å². The molecule has 1 aromatic carbocycles. The lowest BCUT2D eigenvalue weighted by atomic mass is 9.96. The van der Waals surface area contributed by atoms with Crippen molar-refractivity contribution in [2.24, 2.45) is 0 Å². The lowest BCUT2D eigenvalue weighted by Crippen LogP contribution is -2.24. The lowest BCUT2D eigenvalue weighted by molar-refractivity contribution is -0.112. The number of carbonyl (C=O) groups is 1. The van der Waals surface area contributed by atoms with Crippen molar-refractivity contribution in [2.45, 2.75) is 45.1 Å². The molecule has 35 heavy (non-hydrogen) atoms. The molecule has 4 aromatic rings. The molecule has 0 spiro atoms. The number of fused-ring (bicyclic) bond motifs is 1. The van der Waals surface area contributed by atoms with Crippen molar-refractivity contribution in [2.75, 3.05) is 5.32 Å². The van der Waals surface area contributed by atoms with Gasteiger partial charge in [-0.3, -0.25) is 9.20 Å². The number of nitrogens with one attached hydrogen (secondary N) is 1. The zero-order valence-corrected chi connectivity index (χ0v) is 20.3. The molecule has 0 radical (unpaired) electrons. The second kappa shape index (κ2) is 9.15. The average Bonchev–Trinajstić information content (AvgIpc) is 3.57. The molecule has 176 valence electrons. The molecule has 2 aliphatic rings. The molecular weight excluding hydrogens is 456 g/mol. The lowest BCUT2D eigenvalue weighted by Gasteiger charge is -2.26. The number of para-hydroxylation sites is 1. The Morgan fingerprint density at radius 1 is 1.23 bits per heavy atom. The van der Waals surface area contributed by atoms with Gasteiger partial charge in [0, 0.05) is 35.3 Å². The molecule has 2 aliphatic carbocycles. The molecule has 6 nitrogen and oxygen atoms in total. The summed E-state index contributed by atoms with van der Waals surface area (Å²) < 4.78 is 8.06. The number of nitrogens with zero attached hydrogens (tertiary/aromatic N) is 3. The third kappa shape index (κ3) is 4.51. The monoisotopic (exact) mass is 482 g/mol. The van der Waals surface area contributed by atoms with Gasteiger partial charge in [0.25, 0.3) is 5.91 Å². The van der Waals surface area contributed by atoms with Gasteiger partial charge in [0.15, 0.2) is 0 Å². The molecule has 0 atom stereocenters. The molecule has 7 heteroatoms. The zero-order chi connectivity index (χ0) is 23.8. The second-order valence-corrected chi connectivity index (χ2v) is 10.1. The molecule has 0 aliphatic heterocycles. The number of thiazole rings is 1. The zero-order valence-electron chi connectivity index (χ0n) is 19.5. The van der Waals surface area contributed by atoms with Crippen molar-refractivity contribution >= 4 is 28.6 Å². The largest absolute Gasteiger partial charge is 0.490 e. The number of pyridine rings is 1. The van der Waals surface area contributed by atoms with Crippen LogP contribution in [0.25, 0.3) is 17.0 Å². The Labute approximate surface area is 208 Å². The molecule has 0 unspecified atom stereocenters. The van der Waals surface area contributed by atoms with E-state index in [1.165, 1.54) is 12.0 Å². The van der Waals surface area contributed by atoms with Gasteiger partial charge in [-0.15, -0.1) is 11.3 Å². The van der Waals surface area contributed by atoms with Crippen LogP contribution in [0, 0.1) is 6.92 Å². The first-order valence-corrected chi connectivity index (χ1v) is 12.8. The summed E-state index contributed by atoms with van der Waals surface area (Å²) >= 11 is 1.64. The van der Waals surface area contributed by atoms with Crippen LogP contribution in [0.15, 0.2) is 77.5 Å². The van der Waals surface area contributed by atoms with E-state index in [2.05, 4.69) is 20.1 Å². The minimum absolute atomic E-state index is 0.0447. The highest BCUT2D eigenvalue weighted by Gasteiger charge is 2.20. The first-order chi connectivity index (χ1) is 17.1. The van der Waals surface area contributed by atoms with E-state index in [0.29, 0.717) is 12.5 Å². The first kappa shape index (κ1) is 21.8. The number of imidazole rings is 1. The topological polar surface area (TPSA) is 68.5 Å². The van der Waals surface area contributed by atoms with Crippen molar-refractivity contribution in [3.63, 3.8) is 0 Å². The summed E-state index contributed by atoms with van der Waals surface area (Å²) in [7, 11) is 0. The molecule has 0 saturated heterocycles. The van der Waals surface area contributed by atoms with E-state index in [1.807, 2.05) is 67.9 Å². The fourth-order valence-corrected chi connectivity index (χ4v) is 5.22. The van der Waals surface area contributed by atoms with E-state index in [-0.39, 0.29) is 5.91 Å². The molecule has 1 N–H and O–H groups in total. The minimum atomic E-state index is -0.0447. The molecule has 3 aromatic heterocycles. The number of ether oxygens (including phenoxy) is 1. The summed E-state index contributed by atoms with van der Waals surface area (Å²) in [5.41, 5.74) is 6.62. The third-order valence-electron chi connectivity index (χ3n) is 6.65. The van der Waals surface area contributed by atoms with Gasteiger partial charge in [0.05, 0.1) is 28.7 Å². The van der Waals surface area contributed by atoms with Crippen LogP contribution in [-0.2, 0) is 11.2 Å². The Morgan fingerprint density at radius 2 is 2.11 bits per heavy atom. The Bertz CT molecular complexity index is 1480. The minimum Gasteiger partial charge on any atom is -0.490 e. The number of allylic oxidation sites excluding steroid dienone is 3. The Morgan fingerprint density at radius 3 is 2.94 bits per heavy atom. The molecular formula is C28H26N4O2S. The van der Waals surface area contributed by atoms with E-state index in [0.717, 1.165) is 63.9 Å². The van der Waals surface area contributed by atoms with Crippen molar-refractivity contribution in [3.8, 4) is 17.1 Å². The van der Waals surface area contributed by atoms with Crippen LogP contribution in [0.4, 0.5) is 5.69 Å². The van der Waals surface area contributed by atoms with Crippen LogP contribution in [0.5, 0.6) is 5.75 Å². The highest BCUT2D eigenvalue weighted by atomic mass is 32.1. The smallest absolute Gasteiger partial charge is 0.251 e. The molecule has 1 fully saturated rings. The maximum Gasteiger partial charge on any atom is 0.251 e. The maximum absolute atomic E-state index is 12.7. The number of benzene rings is 1. The van der Waals surface area contributed by atoms with Gasteiger partial charge in [0.1, 0.15) is 11.4 Å². The number of hydrogen-bond donors (Lipinski definition) is 1. The highest BCUT2D eigenvalue weighted by Crippen LogP contribution is 2.30. The molecule has 3 heterocycles. The fraction of sp³-hybridized carbons (Fsp3) is 0.250. The highest BCUT2D eigenvalue weighted by molar-refractivity contribution is 7.10.